The average Bonchev–Trinajstić information content (AvgIpc) is 2.19. The first kappa shape index (κ1) is 13.1. The van der Waals surface area contributed by atoms with E-state index in [2.05, 4.69) is 6.58 Å². The van der Waals surface area contributed by atoms with Crippen molar-refractivity contribution in [1.29, 1.82) is 0 Å². The molecule has 0 heterocycles. The van der Waals surface area contributed by atoms with Crippen LogP contribution in [0.5, 0.6) is 5.75 Å². The fourth-order valence-electron chi connectivity index (χ4n) is 1.25. The van der Waals surface area contributed by atoms with E-state index in [9.17, 15) is 0 Å². The van der Waals surface area contributed by atoms with Crippen molar-refractivity contribution in [3.63, 3.8) is 0 Å². The number of rotatable bonds is 5. The minimum atomic E-state index is -0.0121. The number of hydrogen-bond acceptors (Lipinski definition) is 2. The lowest BCUT2D eigenvalue weighted by atomic mass is 10.1. The molecule has 0 aliphatic carbocycles. The zero-order valence-corrected chi connectivity index (χ0v) is 10.6. The van der Waals surface area contributed by atoms with Crippen molar-refractivity contribution >= 4 is 11.6 Å². The topological polar surface area (TPSA) is 35.2 Å². The molecule has 88 valence electrons. The van der Waals surface area contributed by atoms with Crippen molar-refractivity contribution in [2.24, 2.45) is 5.73 Å². The Hall–Kier alpha value is -0.990. The lowest BCUT2D eigenvalue weighted by Crippen LogP contribution is -2.05. The first-order valence-electron chi connectivity index (χ1n) is 5.33. The molecular formula is C13H18ClNO. The molecule has 3 heteroatoms. The van der Waals surface area contributed by atoms with E-state index >= 15 is 0 Å². The smallest absolute Gasteiger partial charge is 0.137 e. The first-order chi connectivity index (χ1) is 7.50. The van der Waals surface area contributed by atoms with Crippen molar-refractivity contribution in [2.75, 3.05) is 6.61 Å². The fraction of sp³-hybridized carbons (Fsp3) is 0.385. The van der Waals surface area contributed by atoms with Gasteiger partial charge in [-0.1, -0.05) is 23.2 Å². The summed E-state index contributed by atoms with van der Waals surface area (Å²) in [6.07, 6.45) is 0.839. The van der Waals surface area contributed by atoms with Gasteiger partial charge < -0.3 is 10.5 Å². The Morgan fingerprint density at radius 2 is 2.25 bits per heavy atom. The van der Waals surface area contributed by atoms with Gasteiger partial charge in [-0.05, 0) is 31.5 Å². The van der Waals surface area contributed by atoms with Crippen LogP contribution in [0.4, 0.5) is 0 Å². The summed E-state index contributed by atoms with van der Waals surface area (Å²) < 4.78 is 5.55. The minimum absolute atomic E-state index is 0.0121. The number of hydrogen-bond donors (Lipinski definition) is 1. The van der Waals surface area contributed by atoms with Gasteiger partial charge in [0, 0.05) is 12.5 Å². The highest BCUT2D eigenvalue weighted by Crippen LogP contribution is 2.27. The summed E-state index contributed by atoms with van der Waals surface area (Å²) in [6.45, 7) is 8.32. The molecule has 0 aliphatic heterocycles. The second-order valence-electron chi connectivity index (χ2n) is 4.03. The van der Waals surface area contributed by atoms with E-state index in [0.717, 1.165) is 17.6 Å². The highest BCUT2D eigenvalue weighted by atomic mass is 35.5. The maximum Gasteiger partial charge on any atom is 0.137 e. The Morgan fingerprint density at radius 1 is 1.56 bits per heavy atom. The van der Waals surface area contributed by atoms with Crippen molar-refractivity contribution in [2.45, 2.75) is 26.3 Å². The van der Waals surface area contributed by atoms with Gasteiger partial charge >= 0.3 is 0 Å². The van der Waals surface area contributed by atoms with Crippen LogP contribution in [0.3, 0.4) is 0 Å². The zero-order chi connectivity index (χ0) is 12.1. The molecule has 0 spiro atoms. The van der Waals surface area contributed by atoms with Gasteiger partial charge in [-0.2, -0.15) is 0 Å². The van der Waals surface area contributed by atoms with E-state index in [1.165, 1.54) is 0 Å². The molecule has 1 atom stereocenters. The van der Waals surface area contributed by atoms with Gasteiger partial charge in [-0.25, -0.2) is 0 Å². The molecule has 2 nitrogen and oxygen atoms in total. The molecule has 0 bridgehead atoms. The first-order valence-corrected chi connectivity index (χ1v) is 5.70. The van der Waals surface area contributed by atoms with Crippen LogP contribution in [0.25, 0.3) is 0 Å². The SMILES string of the molecule is C=C(C)CCOc1ccc(C(C)N)cc1Cl. The van der Waals surface area contributed by atoms with E-state index in [0.29, 0.717) is 17.4 Å². The maximum atomic E-state index is 6.09. The Balaban J connectivity index is 2.64. The van der Waals surface area contributed by atoms with E-state index in [4.69, 9.17) is 22.1 Å². The van der Waals surface area contributed by atoms with Crippen LogP contribution < -0.4 is 10.5 Å². The molecule has 0 radical (unpaired) electrons. The van der Waals surface area contributed by atoms with Gasteiger partial charge in [0.25, 0.3) is 0 Å². The molecule has 0 fully saturated rings. The number of nitrogens with two attached hydrogens (primary N) is 1. The summed E-state index contributed by atoms with van der Waals surface area (Å²) in [6, 6.07) is 5.64. The highest BCUT2D eigenvalue weighted by Gasteiger charge is 2.05. The molecule has 1 rings (SSSR count). The molecule has 1 aromatic rings. The minimum Gasteiger partial charge on any atom is -0.492 e. The second kappa shape index (κ2) is 5.92. The van der Waals surface area contributed by atoms with Gasteiger partial charge in [0.15, 0.2) is 0 Å². The fourth-order valence-corrected chi connectivity index (χ4v) is 1.50. The Labute approximate surface area is 102 Å². The maximum absolute atomic E-state index is 6.09. The van der Waals surface area contributed by atoms with E-state index < -0.39 is 0 Å². The number of benzene rings is 1. The third-order valence-corrected chi connectivity index (χ3v) is 2.56. The third-order valence-electron chi connectivity index (χ3n) is 2.27. The normalized spacial score (nSPS) is 12.2. The van der Waals surface area contributed by atoms with Crippen molar-refractivity contribution in [3.8, 4) is 5.75 Å². The Kier molecular flexibility index (Phi) is 4.84. The molecule has 0 saturated heterocycles. The molecule has 0 amide bonds. The van der Waals surface area contributed by atoms with E-state index in [1.54, 1.807) is 0 Å². The van der Waals surface area contributed by atoms with Gasteiger partial charge in [0.2, 0.25) is 0 Å². The monoisotopic (exact) mass is 239 g/mol. The molecule has 0 saturated carbocycles. The van der Waals surface area contributed by atoms with Crippen molar-refractivity contribution in [3.05, 3.63) is 40.9 Å². The highest BCUT2D eigenvalue weighted by molar-refractivity contribution is 6.32. The van der Waals surface area contributed by atoms with E-state index in [1.807, 2.05) is 32.0 Å². The Bertz CT molecular complexity index is 374. The molecule has 1 aromatic carbocycles. The quantitative estimate of drug-likeness (QED) is 0.796. The van der Waals surface area contributed by atoms with Gasteiger partial charge in [-0.3, -0.25) is 0 Å². The largest absolute Gasteiger partial charge is 0.492 e. The molecule has 2 N–H and O–H groups in total. The molecule has 16 heavy (non-hydrogen) atoms. The lowest BCUT2D eigenvalue weighted by Gasteiger charge is -2.11. The summed E-state index contributed by atoms with van der Waals surface area (Å²) in [7, 11) is 0. The Morgan fingerprint density at radius 3 is 2.75 bits per heavy atom. The summed E-state index contributed by atoms with van der Waals surface area (Å²) >= 11 is 6.09. The lowest BCUT2D eigenvalue weighted by molar-refractivity contribution is 0.322. The van der Waals surface area contributed by atoms with Crippen LogP contribution in [0, 0.1) is 0 Å². The zero-order valence-electron chi connectivity index (χ0n) is 9.79. The summed E-state index contributed by atoms with van der Waals surface area (Å²) in [5.41, 5.74) is 7.87. The molecular weight excluding hydrogens is 222 g/mol. The van der Waals surface area contributed by atoms with Crippen LogP contribution in [-0.4, -0.2) is 6.61 Å². The van der Waals surface area contributed by atoms with Crippen LogP contribution in [-0.2, 0) is 0 Å². The molecule has 0 aliphatic rings. The van der Waals surface area contributed by atoms with Crippen LogP contribution in [0.1, 0.15) is 31.9 Å². The standard InChI is InChI=1S/C13H18ClNO/c1-9(2)6-7-16-13-5-4-11(10(3)15)8-12(13)14/h4-5,8,10H,1,6-7,15H2,2-3H3. The summed E-state index contributed by atoms with van der Waals surface area (Å²) in [4.78, 5) is 0. The molecule has 0 aromatic heterocycles. The van der Waals surface area contributed by atoms with Gasteiger partial charge in [0.05, 0.1) is 11.6 Å². The van der Waals surface area contributed by atoms with Gasteiger partial charge in [-0.15, -0.1) is 6.58 Å². The van der Waals surface area contributed by atoms with Crippen LogP contribution in [0.2, 0.25) is 5.02 Å². The number of halogens is 1. The third kappa shape index (κ3) is 3.87. The van der Waals surface area contributed by atoms with E-state index in [-0.39, 0.29) is 6.04 Å². The van der Waals surface area contributed by atoms with Crippen molar-refractivity contribution in [1.82, 2.24) is 0 Å². The predicted molar refractivity (Wildman–Crippen MR) is 69.0 cm³/mol. The van der Waals surface area contributed by atoms with Crippen molar-refractivity contribution < 1.29 is 4.74 Å². The summed E-state index contributed by atoms with van der Waals surface area (Å²) in [5, 5.41) is 0.608. The molecule has 1 unspecified atom stereocenters. The average molecular weight is 240 g/mol. The number of ether oxygens (including phenoxy) is 1. The predicted octanol–water partition coefficient (Wildman–Crippen LogP) is 3.70. The van der Waals surface area contributed by atoms with Crippen LogP contribution >= 0.6 is 11.6 Å². The summed E-state index contributed by atoms with van der Waals surface area (Å²) in [5.74, 6) is 0.701. The van der Waals surface area contributed by atoms with Crippen LogP contribution in [0.15, 0.2) is 30.4 Å². The van der Waals surface area contributed by atoms with Gasteiger partial charge in [0.1, 0.15) is 5.75 Å². The second-order valence-corrected chi connectivity index (χ2v) is 4.44.